The van der Waals surface area contributed by atoms with Crippen LogP contribution in [-0.4, -0.2) is 48.3 Å². The van der Waals surface area contributed by atoms with Crippen molar-refractivity contribution < 1.29 is 19.0 Å². The monoisotopic (exact) mass is 518 g/mol. The van der Waals surface area contributed by atoms with E-state index in [1.54, 1.807) is 82.9 Å². The summed E-state index contributed by atoms with van der Waals surface area (Å²) in [5.41, 5.74) is 4.89. The average Bonchev–Trinajstić information content (AvgIpc) is 2.94. The molecule has 37 heavy (non-hydrogen) atoms. The molecule has 0 spiro atoms. The molecular formula is C27H26N4O5S. The number of carbonyl (C=O) groups is 1. The predicted molar refractivity (Wildman–Crippen MR) is 145 cm³/mol. The van der Waals surface area contributed by atoms with Crippen LogP contribution in [0.4, 0.5) is 0 Å². The lowest BCUT2D eigenvalue weighted by molar-refractivity contribution is -0.118. The molecule has 0 saturated heterocycles. The third-order valence-corrected chi connectivity index (χ3v) is 6.50. The molecule has 0 unspecified atom stereocenters. The van der Waals surface area contributed by atoms with Crippen LogP contribution in [-0.2, 0) is 4.79 Å². The molecular weight excluding hydrogens is 492 g/mol. The van der Waals surface area contributed by atoms with E-state index in [-0.39, 0.29) is 17.2 Å². The quantitative estimate of drug-likeness (QED) is 0.154. The van der Waals surface area contributed by atoms with Crippen molar-refractivity contribution in [2.75, 3.05) is 27.1 Å². The Kier molecular flexibility index (Phi) is 8.09. The number of thioether (sulfide) groups is 1. The maximum Gasteiger partial charge on any atom is 0.266 e. The van der Waals surface area contributed by atoms with Crippen molar-refractivity contribution in [1.82, 2.24) is 15.0 Å². The van der Waals surface area contributed by atoms with Gasteiger partial charge in [-0.3, -0.25) is 14.2 Å². The van der Waals surface area contributed by atoms with Gasteiger partial charge in [0.2, 0.25) is 0 Å². The van der Waals surface area contributed by atoms with Crippen molar-refractivity contribution in [1.29, 1.82) is 0 Å². The Labute approximate surface area is 218 Å². The van der Waals surface area contributed by atoms with E-state index in [2.05, 4.69) is 15.5 Å². The minimum atomic E-state index is -0.339. The summed E-state index contributed by atoms with van der Waals surface area (Å²) in [7, 11) is 4.70. The van der Waals surface area contributed by atoms with Gasteiger partial charge in [-0.25, -0.2) is 10.4 Å². The van der Waals surface area contributed by atoms with Crippen LogP contribution in [0.3, 0.4) is 0 Å². The zero-order valence-electron chi connectivity index (χ0n) is 20.8. The molecule has 1 amide bonds. The van der Waals surface area contributed by atoms with Gasteiger partial charge in [-0.1, -0.05) is 23.9 Å². The Morgan fingerprint density at radius 2 is 1.70 bits per heavy atom. The first-order valence-corrected chi connectivity index (χ1v) is 12.3. The zero-order chi connectivity index (χ0) is 26.4. The Morgan fingerprint density at radius 1 is 0.973 bits per heavy atom. The number of hydrogen-bond donors (Lipinski definition) is 1. The Balaban J connectivity index is 1.55. The molecule has 0 bridgehead atoms. The Morgan fingerprint density at radius 3 is 2.41 bits per heavy atom. The lowest BCUT2D eigenvalue weighted by Crippen LogP contribution is -2.24. The second-order valence-electron chi connectivity index (χ2n) is 7.84. The molecule has 0 aliphatic carbocycles. The number of nitrogens with one attached hydrogen (secondary N) is 1. The molecule has 0 radical (unpaired) electrons. The van der Waals surface area contributed by atoms with Crippen LogP contribution >= 0.6 is 11.8 Å². The number of hydrazone groups is 1. The van der Waals surface area contributed by atoms with Gasteiger partial charge in [0.05, 0.1) is 49.4 Å². The number of methoxy groups -OCH3 is 3. The third kappa shape index (κ3) is 5.75. The number of hydrogen-bond acceptors (Lipinski definition) is 8. The van der Waals surface area contributed by atoms with E-state index in [1.165, 1.54) is 4.57 Å². The zero-order valence-corrected chi connectivity index (χ0v) is 21.7. The summed E-state index contributed by atoms with van der Waals surface area (Å²) in [5, 5.41) is 5.09. The van der Waals surface area contributed by atoms with Crippen LogP contribution in [0.25, 0.3) is 16.6 Å². The molecule has 0 saturated carbocycles. The van der Waals surface area contributed by atoms with Gasteiger partial charge in [0.15, 0.2) is 16.7 Å². The summed E-state index contributed by atoms with van der Waals surface area (Å²) in [6, 6.07) is 19.6. The number of nitrogens with zero attached hydrogens (tertiary/aromatic N) is 3. The molecule has 9 nitrogen and oxygen atoms in total. The first-order valence-electron chi connectivity index (χ1n) is 11.3. The number of carbonyl (C=O) groups excluding carboxylic acids is 1. The first kappa shape index (κ1) is 25.8. The fourth-order valence-corrected chi connectivity index (χ4v) is 4.41. The van der Waals surface area contributed by atoms with Crippen LogP contribution in [0.15, 0.2) is 81.8 Å². The van der Waals surface area contributed by atoms with E-state index in [0.717, 1.165) is 17.3 Å². The van der Waals surface area contributed by atoms with Gasteiger partial charge >= 0.3 is 0 Å². The van der Waals surface area contributed by atoms with E-state index in [0.29, 0.717) is 44.7 Å². The molecule has 3 aromatic carbocycles. The van der Waals surface area contributed by atoms with E-state index in [4.69, 9.17) is 14.2 Å². The van der Waals surface area contributed by atoms with Crippen molar-refractivity contribution in [2.45, 2.75) is 12.1 Å². The standard InChI is InChI=1S/C27H26N4O5S/c1-17(18-9-14-23(35-3)24(15-18)36-4)29-30-25(32)16-37-27-28-22-8-6-5-7-21(22)26(33)31(27)19-10-12-20(34-2)13-11-19/h5-15H,16H2,1-4H3,(H,30,32)/b29-17+. The lowest BCUT2D eigenvalue weighted by Gasteiger charge is -2.13. The number of aromatic nitrogens is 2. The summed E-state index contributed by atoms with van der Waals surface area (Å²) >= 11 is 1.15. The maximum absolute atomic E-state index is 13.4. The second kappa shape index (κ2) is 11.6. The van der Waals surface area contributed by atoms with Crippen LogP contribution in [0, 0.1) is 0 Å². The van der Waals surface area contributed by atoms with Crippen molar-refractivity contribution in [3.05, 3.63) is 82.6 Å². The molecule has 4 rings (SSSR count). The number of rotatable bonds is 9. The van der Waals surface area contributed by atoms with E-state index < -0.39 is 0 Å². The molecule has 0 aliphatic rings. The number of ether oxygens (including phenoxy) is 3. The molecule has 10 heteroatoms. The fraction of sp³-hybridized carbons (Fsp3) is 0.185. The Bertz CT molecular complexity index is 1520. The van der Waals surface area contributed by atoms with E-state index in [9.17, 15) is 9.59 Å². The molecule has 4 aromatic rings. The number of fused-ring (bicyclic) bond motifs is 1. The smallest absolute Gasteiger partial charge is 0.266 e. The van der Waals surface area contributed by atoms with Gasteiger partial charge in [0, 0.05) is 5.56 Å². The predicted octanol–water partition coefficient (Wildman–Crippen LogP) is 4.04. The van der Waals surface area contributed by atoms with Gasteiger partial charge in [0.1, 0.15) is 5.75 Å². The van der Waals surface area contributed by atoms with E-state index >= 15 is 0 Å². The van der Waals surface area contributed by atoms with E-state index in [1.807, 2.05) is 12.1 Å². The highest BCUT2D eigenvalue weighted by molar-refractivity contribution is 7.99. The second-order valence-corrected chi connectivity index (χ2v) is 8.78. The normalized spacial score (nSPS) is 11.3. The van der Waals surface area contributed by atoms with Crippen molar-refractivity contribution in [3.63, 3.8) is 0 Å². The number of benzene rings is 3. The maximum atomic E-state index is 13.4. The Hall–Kier alpha value is -4.31. The summed E-state index contributed by atoms with van der Waals surface area (Å²) in [5.74, 6) is 1.50. The summed E-state index contributed by atoms with van der Waals surface area (Å²) in [6.45, 7) is 1.78. The SMILES string of the molecule is COc1ccc(-n2c(SCC(=O)N/N=C(\C)c3ccc(OC)c(OC)c3)nc3ccccc3c2=O)cc1. The summed E-state index contributed by atoms with van der Waals surface area (Å²) in [4.78, 5) is 30.7. The van der Waals surface area contributed by atoms with Crippen molar-refractivity contribution in [2.24, 2.45) is 5.10 Å². The van der Waals surface area contributed by atoms with Crippen LogP contribution in [0.2, 0.25) is 0 Å². The van der Waals surface area contributed by atoms with Gasteiger partial charge < -0.3 is 14.2 Å². The minimum Gasteiger partial charge on any atom is -0.497 e. The van der Waals surface area contributed by atoms with Gasteiger partial charge in [-0.15, -0.1) is 0 Å². The highest BCUT2D eigenvalue weighted by atomic mass is 32.2. The molecule has 0 atom stereocenters. The number of para-hydroxylation sites is 1. The lowest BCUT2D eigenvalue weighted by atomic mass is 10.1. The van der Waals surface area contributed by atoms with Gasteiger partial charge in [0.25, 0.3) is 11.5 Å². The topological polar surface area (TPSA) is 104 Å². The molecule has 1 N–H and O–H groups in total. The highest BCUT2D eigenvalue weighted by Gasteiger charge is 2.15. The van der Waals surface area contributed by atoms with Crippen LogP contribution in [0.5, 0.6) is 17.2 Å². The first-order chi connectivity index (χ1) is 17.9. The van der Waals surface area contributed by atoms with Crippen molar-refractivity contribution >= 4 is 34.3 Å². The summed E-state index contributed by atoms with van der Waals surface area (Å²) in [6.07, 6.45) is 0. The van der Waals surface area contributed by atoms with Crippen LogP contribution < -0.4 is 25.2 Å². The van der Waals surface area contributed by atoms with Gasteiger partial charge in [-0.2, -0.15) is 5.10 Å². The molecule has 1 aromatic heterocycles. The van der Waals surface area contributed by atoms with Gasteiger partial charge in [-0.05, 0) is 61.5 Å². The highest BCUT2D eigenvalue weighted by Crippen LogP contribution is 2.28. The molecule has 1 heterocycles. The molecule has 190 valence electrons. The van der Waals surface area contributed by atoms with Crippen molar-refractivity contribution in [3.8, 4) is 22.9 Å². The molecule has 0 aliphatic heterocycles. The third-order valence-electron chi connectivity index (χ3n) is 5.56. The summed E-state index contributed by atoms with van der Waals surface area (Å²) < 4.78 is 17.3. The minimum absolute atomic E-state index is 0.00362. The number of amides is 1. The largest absolute Gasteiger partial charge is 0.497 e. The average molecular weight is 519 g/mol. The van der Waals surface area contributed by atoms with Crippen LogP contribution in [0.1, 0.15) is 12.5 Å². The molecule has 0 fully saturated rings. The fourth-order valence-electron chi connectivity index (χ4n) is 3.60.